The molecule has 3 N–H and O–H groups in total. The van der Waals surface area contributed by atoms with Crippen molar-refractivity contribution in [1.82, 2.24) is 9.55 Å². The number of ether oxygens (including phenoxy) is 1. The van der Waals surface area contributed by atoms with Crippen molar-refractivity contribution in [2.24, 2.45) is 0 Å². The molecule has 2 heterocycles. The smallest absolute Gasteiger partial charge is 0.331 e. The van der Waals surface area contributed by atoms with Crippen LogP contribution < -0.4 is 21.9 Å². The maximum absolute atomic E-state index is 12.7. The first-order valence-electron chi connectivity index (χ1n) is 9.76. The van der Waals surface area contributed by atoms with E-state index in [0.717, 1.165) is 15.3 Å². The number of nitrogens with one attached hydrogen (secondary N) is 1. The molecule has 0 radical (unpaired) electrons. The Morgan fingerprint density at radius 1 is 1.19 bits per heavy atom. The summed E-state index contributed by atoms with van der Waals surface area (Å²) in [5.41, 5.74) is 5.28. The van der Waals surface area contributed by atoms with Gasteiger partial charge in [0.2, 0.25) is 0 Å². The Hall–Kier alpha value is -3.92. The van der Waals surface area contributed by atoms with Gasteiger partial charge in [-0.2, -0.15) is 0 Å². The molecule has 3 aromatic rings. The molecule has 2 aromatic heterocycles. The highest BCUT2D eigenvalue weighted by Gasteiger charge is 2.23. The lowest BCUT2D eigenvalue weighted by Crippen LogP contribution is -2.42. The highest BCUT2D eigenvalue weighted by Crippen LogP contribution is 2.18. The van der Waals surface area contributed by atoms with Crippen molar-refractivity contribution in [3.05, 3.63) is 85.2 Å². The predicted molar refractivity (Wildman–Crippen MR) is 124 cm³/mol. The number of nitrogens with two attached hydrogens (primary N) is 1. The quantitative estimate of drug-likeness (QED) is 0.395. The van der Waals surface area contributed by atoms with Gasteiger partial charge >= 0.3 is 11.7 Å². The van der Waals surface area contributed by atoms with Gasteiger partial charge in [-0.25, -0.2) is 9.59 Å². The number of anilines is 2. The Kier molecular flexibility index (Phi) is 7.40. The molecule has 0 aliphatic heterocycles. The molecule has 10 heteroatoms. The van der Waals surface area contributed by atoms with Gasteiger partial charge in [-0.1, -0.05) is 36.4 Å². The zero-order valence-electron chi connectivity index (χ0n) is 17.3. The first-order chi connectivity index (χ1) is 15.4. The monoisotopic (exact) mass is 454 g/mol. The molecule has 0 atom stereocenters. The third kappa shape index (κ3) is 5.41. The summed E-state index contributed by atoms with van der Waals surface area (Å²) < 4.78 is 6.18. The average Bonchev–Trinajstić information content (AvgIpc) is 3.31. The van der Waals surface area contributed by atoms with Crippen LogP contribution in [0, 0.1) is 0 Å². The number of aromatic nitrogens is 2. The molecule has 3 rings (SSSR count). The summed E-state index contributed by atoms with van der Waals surface area (Å²) in [7, 11) is 0. The minimum atomic E-state index is -0.795. The van der Waals surface area contributed by atoms with Crippen LogP contribution in [0.5, 0.6) is 0 Å². The molecule has 1 aromatic carbocycles. The van der Waals surface area contributed by atoms with Gasteiger partial charge in [-0.3, -0.25) is 19.1 Å². The van der Waals surface area contributed by atoms with Crippen LogP contribution in [0.4, 0.5) is 11.5 Å². The summed E-state index contributed by atoms with van der Waals surface area (Å²) in [6, 6.07) is 12.8. The van der Waals surface area contributed by atoms with Gasteiger partial charge in [-0.05, 0) is 30.0 Å². The number of likely N-dealkylation sites (N-methyl/N-ethyl adjacent to an activating group) is 1. The van der Waals surface area contributed by atoms with Crippen molar-refractivity contribution in [1.29, 1.82) is 0 Å². The maximum Gasteiger partial charge on any atom is 0.331 e. The van der Waals surface area contributed by atoms with E-state index in [2.05, 4.69) is 4.98 Å². The fourth-order valence-corrected chi connectivity index (χ4v) is 3.63. The van der Waals surface area contributed by atoms with Crippen LogP contribution in [0.15, 0.2) is 63.5 Å². The number of H-pyrrole nitrogens is 1. The van der Waals surface area contributed by atoms with Gasteiger partial charge < -0.3 is 15.4 Å². The fourth-order valence-electron chi connectivity index (χ4n) is 3.02. The SMILES string of the molecule is CCN(C(=O)COC(=O)/C=C/c1cccs1)c1c(N)n(Cc2ccccc2)c(=O)[nH]c1=O. The van der Waals surface area contributed by atoms with Crippen LogP contribution in [0.3, 0.4) is 0 Å². The molecular weight excluding hydrogens is 432 g/mol. The van der Waals surface area contributed by atoms with E-state index < -0.39 is 29.7 Å². The molecule has 166 valence electrons. The number of benzene rings is 1. The Morgan fingerprint density at radius 2 is 1.94 bits per heavy atom. The standard InChI is InChI=1S/C22H22N4O5S/c1-2-25(17(27)14-31-18(28)11-10-16-9-6-12-32-16)19-20(23)26(22(30)24-21(19)29)13-15-7-4-3-5-8-15/h3-12H,2,13-14,23H2,1H3,(H,24,29,30)/b11-10+. The molecule has 9 nitrogen and oxygen atoms in total. The lowest BCUT2D eigenvalue weighted by Gasteiger charge is -2.23. The highest BCUT2D eigenvalue weighted by molar-refractivity contribution is 7.10. The summed E-state index contributed by atoms with van der Waals surface area (Å²) in [6.45, 7) is 1.25. The third-order valence-electron chi connectivity index (χ3n) is 4.55. The van der Waals surface area contributed by atoms with E-state index in [9.17, 15) is 19.2 Å². The van der Waals surface area contributed by atoms with E-state index in [4.69, 9.17) is 10.5 Å². The molecule has 1 amide bonds. The largest absolute Gasteiger partial charge is 0.452 e. The number of carbonyl (C=O) groups excluding carboxylic acids is 2. The van der Waals surface area contributed by atoms with Crippen molar-refractivity contribution in [3.8, 4) is 0 Å². The number of hydrogen-bond acceptors (Lipinski definition) is 7. The number of amides is 1. The van der Waals surface area contributed by atoms with E-state index in [1.807, 2.05) is 47.8 Å². The lowest BCUT2D eigenvalue weighted by molar-refractivity contribution is -0.142. The molecular formula is C22H22N4O5S. The van der Waals surface area contributed by atoms with Gasteiger partial charge in [-0.15, -0.1) is 11.3 Å². The molecule has 0 saturated carbocycles. The highest BCUT2D eigenvalue weighted by atomic mass is 32.1. The minimum Gasteiger partial charge on any atom is -0.452 e. The van der Waals surface area contributed by atoms with Gasteiger partial charge in [0.05, 0.1) is 6.54 Å². The first-order valence-corrected chi connectivity index (χ1v) is 10.6. The molecule has 0 bridgehead atoms. The summed E-state index contributed by atoms with van der Waals surface area (Å²) in [6.07, 6.45) is 2.80. The van der Waals surface area contributed by atoms with Crippen molar-refractivity contribution in [3.63, 3.8) is 0 Å². The van der Waals surface area contributed by atoms with Crippen LogP contribution in [0.2, 0.25) is 0 Å². The van der Waals surface area contributed by atoms with Gasteiger partial charge in [0.1, 0.15) is 5.82 Å². The Balaban J connectivity index is 1.79. The number of aromatic amines is 1. The molecule has 0 aliphatic carbocycles. The van der Waals surface area contributed by atoms with E-state index in [1.165, 1.54) is 22.0 Å². The number of nitrogens with zero attached hydrogens (tertiary/aromatic N) is 2. The van der Waals surface area contributed by atoms with Gasteiger partial charge in [0.15, 0.2) is 12.3 Å². The zero-order valence-corrected chi connectivity index (χ0v) is 18.1. The minimum absolute atomic E-state index is 0.0816. The number of esters is 1. The van der Waals surface area contributed by atoms with Crippen LogP contribution in [-0.2, 0) is 20.9 Å². The zero-order chi connectivity index (χ0) is 23.1. The number of hydrogen-bond donors (Lipinski definition) is 2. The van der Waals surface area contributed by atoms with Crippen LogP contribution in [-0.4, -0.2) is 34.6 Å². The second-order valence-corrected chi connectivity index (χ2v) is 7.64. The van der Waals surface area contributed by atoms with E-state index in [1.54, 1.807) is 13.0 Å². The van der Waals surface area contributed by atoms with Gasteiger partial charge in [0.25, 0.3) is 11.5 Å². The lowest BCUT2D eigenvalue weighted by atomic mass is 10.2. The first kappa shape index (κ1) is 22.8. The molecule has 0 unspecified atom stereocenters. The Bertz CT molecular complexity index is 1230. The second-order valence-electron chi connectivity index (χ2n) is 6.66. The second kappa shape index (κ2) is 10.4. The number of carbonyl (C=O) groups is 2. The average molecular weight is 455 g/mol. The van der Waals surface area contributed by atoms with E-state index >= 15 is 0 Å². The van der Waals surface area contributed by atoms with Crippen molar-refractivity contribution in [2.75, 3.05) is 23.8 Å². The van der Waals surface area contributed by atoms with Gasteiger partial charge in [0, 0.05) is 17.5 Å². The fraction of sp³-hybridized carbons (Fsp3) is 0.182. The predicted octanol–water partition coefficient (Wildman–Crippen LogP) is 1.84. The summed E-state index contributed by atoms with van der Waals surface area (Å²) in [4.78, 5) is 53.6. The molecule has 32 heavy (non-hydrogen) atoms. The summed E-state index contributed by atoms with van der Waals surface area (Å²) in [5.74, 6) is -1.49. The van der Waals surface area contributed by atoms with Crippen LogP contribution in [0.25, 0.3) is 6.08 Å². The number of thiophene rings is 1. The van der Waals surface area contributed by atoms with E-state index in [0.29, 0.717) is 0 Å². The Labute approximate surface area is 187 Å². The number of rotatable bonds is 8. The van der Waals surface area contributed by atoms with Crippen LogP contribution in [0.1, 0.15) is 17.4 Å². The molecule has 0 aliphatic rings. The van der Waals surface area contributed by atoms with E-state index in [-0.39, 0.29) is 24.6 Å². The molecule has 0 spiro atoms. The van der Waals surface area contributed by atoms with Crippen molar-refractivity contribution < 1.29 is 14.3 Å². The molecule has 0 saturated heterocycles. The van der Waals surface area contributed by atoms with Crippen molar-refractivity contribution in [2.45, 2.75) is 13.5 Å². The summed E-state index contributed by atoms with van der Waals surface area (Å²) in [5, 5.41) is 1.87. The van der Waals surface area contributed by atoms with Crippen LogP contribution >= 0.6 is 11.3 Å². The summed E-state index contributed by atoms with van der Waals surface area (Å²) >= 11 is 1.45. The number of nitrogen functional groups attached to an aromatic ring is 1. The van der Waals surface area contributed by atoms with Crippen molar-refractivity contribution >= 4 is 40.8 Å². The third-order valence-corrected chi connectivity index (χ3v) is 5.39. The normalized spacial score (nSPS) is 10.9. The maximum atomic E-state index is 12.7. The topological polar surface area (TPSA) is 127 Å². The Morgan fingerprint density at radius 3 is 2.59 bits per heavy atom. The molecule has 0 fully saturated rings.